The van der Waals surface area contributed by atoms with Gasteiger partial charge in [-0.05, 0) is 31.2 Å². The minimum atomic E-state index is -0.877. The van der Waals surface area contributed by atoms with Gasteiger partial charge in [0.05, 0.1) is 18.7 Å². The molecule has 1 aliphatic rings. The molecule has 0 aromatic heterocycles. The first-order valence-electron chi connectivity index (χ1n) is 9.11. The molecule has 2 amide bonds. The molecule has 0 saturated heterocycles. The van der Waals surface area contributed by atoms with E-state index in [4.69, 9.17) is 10.5 Å². The lowest BCUT2D eigenvalue weighted by Gasteiger charge is -2.11. The van der Waals surface area contributed by atoms with Crippen LogP contribution in [0.2, 0.25) is 0 Å². The zero-order valence-electron chi connectivity index (χ0n) is 15.9. The summed E-state index contributed by atoms with van der Waals surface area (Å²) in [5, 5.41) is 8.16. The van der Waals surface area contributed by atoms with Gasteiger partial charge in [0.25, 0.3) is 5.91 Å². The Labute approximate surface area is 168 Å². The quantitative estimate of drug-likeness (QED) is 0.438. The highest BCUT2D eigenvalue weighted by Gasteiger charge is 2.29. The van der Waals surface area contributed by atoms with Crippen LogP contribution in [0.4, 0.5) is 11.4 Å². The van der Waals surface area contributed by atoms with Gasteiger partial charge in [0.2, 0.25) is 17.8 Å². The van der Waals surface area contributed by atoms with Crippen molar-refractivity contribution in [3.05, 3.63) is 54.6 Å². The summed E-state index contributed by atoms with van der Waals surface area (Å²) in [5.41, 5.74) is 7.13. The number of rotatable bonds is 6. The number of carbonyl (C=O) groups is 2. The molecule has 0 radical (unpaired) electrons. The zero-order valence-corrected chi connectivity index (χ0v) is 15.9. The summed E-state index contributed by atoms with van der Waals surface area (Å²) in [5.74, 6) is -0.0756. The first kappa shape index (κ1) is 19.9. The molecule has 0 saturated carbocycles. The van der Waals surface area contributed by atoms with E-state index in [0.717, 1.165) is 5.69 Å². The van der Waals surface area contributed by atoms with Gasteiger partial charge >= 0.3 is 0 Å². The molecule has 1 aliphatic heterocycles. The molecule has 5 N–H and O–H groups in total. The molecule has 9 nitrogen and oxygen atoms in total. The van der Waals surface area contributed by atoms with Crippen LogP contribution in [-0.2, 0) is 9.59 Å². The molecule has 2 aromatic rings. The fourth-order valence-electron chi connectivity index (χ4n) is 2.67. The summed E-state index contributed by atoms with van der Waals surface area (Å²) in [7, 11) is 0. The van der Waals surface area contributed by atoms with E-state index in [1.54, 1.807) is 18.2 Å². The van der Waals surface area contributed by atoms with Crippen LogP contribution in [0.5, 0.6) is 5.75 Å². The fourth-order valence-corrected chi connectivity index (χ4v) is 2.67. The Balaban J connectivity index is 1.61. The smallest absolute Gasteiger partial charge is 0.252 e. The molecule has 0 fully saturated rings. The number of para-hydroxylation sites is 3. The first-order valence-corrected chi connectivity index (χ1v) is 9.11. The second-order valence-electron chi connectivity index (χ2n) is 6.13. The van der Waals surface area contributed by atoms with Crippen molar-refractivity contribution in [3.63, 3.8) is 0 Å². The van der Waals surface area contributed by atoms with Crippen LogP contribution in [0.3, 0.4) is 0 Å². The Kier molecular flexibility index (Phi) is 6.41. The highest BCUT2D eigenvalue weighted by molar-refractivity contribution is 6.11. The van der Waals surface area contributed by atoms with Crippen LogP contribution >= 0.6 is 0 Å². The monoisotopic (exact) mass is 394 g/mol. The SMILES string of the molecule is CCOc1ccccc1NC(=O)CC1N=C(N=C(N)Nc2ccccc2)NC1=O. The predicted molar refractivity (Wildman–Crippen MR) is 112 cm³/mol. The van der Waals surface area contributed by atoms with Crippen molar-refractivity contribution < 1.29 is 14.3 Å². The largest absolute Gasteiger partial charge is 0.492 e. The fraction of sp³-hybridized carbons (Fsp3) is 0.200. The Bertz CT molecular complexity index is 942. The van der Waals surface area contributed by atoms with Crippen molar-refractivity contribution in [3.8, 4) is 5.75 Å². The zero-order chi connectivity index (χ0) is 20.6. The third-order valence-electron chi connectivity index (χ3n) is 3.93. The van der Waals surface area contributed by atoms with E-state index in [-0.39, 0.29) is 24.2 Å². The van der Waals surface area contributed by atoms with Gasteiger partial charge in [-0.25, -0.2) is 4.99 Å². The predicted octanol–water partition coefficient (Wildman–Crippen LogP) is 1.70. The minimum Gasteiger partial charge on any atom is -0.492 e. The lowest BCUT2D eigenvalue weighted by atomic mass is 10.2. The van der Waals surface area contributed by atoms with Crippen LogP contribution in [0.1, 0.15) is 13.3 Å². The van der Waals surface area contributed by atoms with Crippen molar-refractivity contribution in [2.75, 3.05) is 17.2 Å². The van der Waals surface area contributed by atoms with E-state index in [0.29, 0.717) is 18.0 Å². The van der Waals surface area contributed by atoms with Gasteiger partial charge in [0, 0.05) is 5.69 Å². The maximum Gasteiger partial charge on any atom is 0.252 e. The normalized spacial score (nSPS) is 16.0. The van der Waals surface area contributed by atoms with Gasteiger partial charge in [-0.1, -0.05) is 30.3 Å². The highest BCUT2D eigenvalue weighted by Crippen LogP contribution is 2.24. The number of ether oxygens (including phenoxy) is 1. The molecule has 9 heteroatoms. The summed E-state index contributed by atoms with van der Waals surface area (Å²) in [6, 6.07) is 15.4. The molecule has 1 heterocycles. The van der Waals surface area contributed by atoms with Crippen LogP contribution < -0.4 is 26.4 Å². The summed E-state index contributed by atoms with van der Waals surface area (Å²) in [6.07, 6.45) is -0.128. The number of hydrogen-bond donors (Lipinski definition) is 4. The second-order valence-corrected chi connectivity index (χ2v) is 6.13. The van der Waals surface area contributed by atoms with E-state index < -0.39 is 11.9 Å². The second kappa shape index (κ2) is 9.36. The average Bonchev–Trinajstić information content (AvgIpc) is 3.02. The van der Waals surface area contributed by atoms with Gasteiger partial charge in [-0.3, -0.25) is 14.9 Å². The van der Waals surface area contributed by atoms with E-state index in [2.05, 4.69) is 25.9 Å². The summed E-state index contributed by atoms with van der Waals surface area (Å²) in [4.78, 5) is 32.7. The number of benzene rings is 2. The Morgan fingerprint density at radius 2 is 1.90 bits per heavy atom. The molecule has 2 aromatic carbocycles. The Morgan fingerprint density at radius 3 is 2.66 bits per heavy atom. The van der Waals surface area contributed by atoms with Crippen molar-refractivity contribution in [1.29, 1.82) is 0 Å². The molecule has 0 spiro atoms. The lowest BCUT2D eigenvalue weighted by molar-refractivity contribution is -0.123. The van der Waals surface area contributed by atoms with E-state index >= 15 is 0 Å². The number of carbonyl (C=O) groups excluding carboxylic acids is 2. The van der Waals surface area contributed by atoms with Crippen molar-refractivity contribution in [1.82, 2.24) is 5.32 Å². The third kappa shape index (κ3) is 5.55. The van der Waals surface area contributed by atoms with Gasteiger partial charge in [-0.15, -0.1) is 0 Å². The molecule has 1 atom stereocenters. The standard InChI is InChI=1S/C20H22N6O3/c1-2-29-16-11-7-6-10-14(16)23-17(27)12-15-18(28)25-20(24-15)26-19(21)22-13-8-4-3-5-9-13/h3-11,15H,2,12H2,1H3,(H,23,27)(H4,21,22,24,25,26,28). The molecular formula is C20H22N6O3. The van der Waals surface area contributed by atoms with Gasteiger partial charge in [0.1, 0.15) is 11.8 Å². The van der Waals surface area contributed by atoms with E-state index in [1.807, 2.05) is 43.3 Å². The van der Waals surface area contributed by atoms with E-state index in [9.17, 15) is 9.59 Å². The molecule has 150 valence electrons. The number of nitrogens with zero attached hydrogens (tertiary/aromatic N) is 2. The number of nitrogens with two attached hydrogens (primary N) is 1. The maximum absolute atomic E-state index is 12.4. The van der Waals surface area contributed by atoms with Gasteiger partial charge in [0.15, 0.2) is 0 Å². The van der Waals surface area contributed by atoms with Crippen LogP contribution in [-0.4, -0.2) is 36.4 Å². The molecule has 1 unspecified atom stereocenters. The summed E-state index contributed by atoms with van der Waals surface area (Å²) < 4.78 is 5.48. The molecule has 3 rings (SSSR count). The third-order valence-corrected chi connectivity index (χ3v) is 3.93. The van der Waals surface area contributed by atoms with Crippen LogP contribution in [0, 0.1) is 0 Å². The minimum absolute atomic E-state index is 0.0587. The average molecular weight is 394 g/mol. The summed E-state index contributed by atoms with van der Waals surface area (Å²) in [6.45, 7) is 2.33. The maximum atomic E-state index is 12.4. The first-order chi connectivity index (χ1) is 14.0. The van der Waals surface area contributed by atoms with Crippen LogP contribution in [0.25, 0.3) is 0 Å². The number of nitrogens with one attached hydrogen (secondary N) is 3. The Hall–Kier alpha value is -3.88. The van der Waals surface area contributed by atoms with Gasteiger partial charge < -0.3 is 21.1 Å². The molecule has 0 aliphatic carbocycles. The van der Waals surface area contributed by atoms with Crippen molar-refractivity contribution in [2.45, 2.75) is 19.4 Å². The molecule has 29 heavy (non-hydrogen) atoms. The molecule has 0 bridgehead atoms. The number of hydrogen-bond acceptors (Lipinski definition) is 5. The Morgan fingerprint density at radius 1 is 1.17 bits per heavy atom. The lowest BCUT2D eigenvalue weighted by Crippen LogP contribution is -2.32. The van der Waals surface area contributed by atoms with E-state index in [1.165, 1.54) is 0 Å². The topological polar surface area (TPSA) is 130 Å². The van der Waals surface area contributed by atoms with Crippen molar-refractivity contribution in [2.24, 2.45) is 15.7 Å². The number of guanidine groups is 2. The van der Waals surface area contributed by atoms with Crippen LogP contribution in [0.15, 0.2) is 64.6 Å². The number of amides is 2. The van der Waals surface area contributed by atoms with Crippen molar-refractivity contribution >= 4 is 35.1 Å². The summed E-state index contributed by atoms with van der Waals surface area (Å²) >= 11 is 0. The number of aliphatic imine (C=N–C) groups is 2. The van der Waals surface area contributed by atoms with Gasteiger partial charge in [-0.2, -0.15) is 4.99 Å². The number of anilines is 2. The molecular weight excluding hydrogens is 372 g/mol. The highest BCUT2D eigenvalue weighted by atomic mass is 16.5.